The van der Waals surface area contributed by atoms with Crippen molar-refractivity contribution in [1.82, 2.24) is 5.32 Å². The number of benzene rings is 3. The predicted molar refractivity (Wildman–Crippen MR) is 127 cm³/mol. The minimum absolute atomic E-state index is 0.112. The van der Waals surface area contributed by atoms with Gasteiger partial charge >= 0.3 is 0 Å². The van der Waals surface area contributed by atoms with Crippen molar-refractivity contribution in [3.8, 4) is 16.9 Å². The maximum atomic E-state index is 13.5. The van der Waals surface area contributed by atoms with Crippen LogP contribution in [0.3, 0.4) is 0 Å². The number of aliphatic imine (C=N–C) groups is 1. The van der Waals surface area contributed by atoms with Gasteiger partial charge in [-0.05, 0) is 60.2 Å². The van der Waals surface area contributed by atoms with Gasteiger partial charge in [0.15, 0.2) is 5.96 Å². The summed E-state index contributed by atoms with van der Waals surface area (Å²) in [5.41, 5.74) is 3.53. The number of nitrogens with zero attached hydrogens (tertiary/aromatic N) is 1. The SMILES string of the molecule is Oc1ccc(-c2ccccc2)cc1NC(=NCC1CCCO1)NCCc1cccc(F)c1. The molecule has 5 nitrogen and oxygen atoms in total. The molecule has 0 amide bonds. The molecule has 1 unspecified atom stereocenters. The maximum absolute atomic E-state index is 13.5. The number of halogens is 1. The molecule has 166 valence electrons. The van der Waals surface area contributed by atoms with Crippen LogP contribution in [0.25, 0.3) is 11.1 Å². The third-order valence-electron chi connectivity index (χ3n) is 5.43. The molecule has 3 aromatic carbocycles. The summed E-state index contributed by atoms with van der Waals surface area (Å²) in [6.45, 7) is 1.88. The highest BCUT2D eigenvalue weighted by Crippen LogP contribution is 2.29. The Labute approximate surface area is 188 Å². The Morgan fingerprint density at radius 1 is 1.03 bits per heavy atom. The zero-order valence-corrected chi connectivity index (χ0v) is 17.9. The van der Waals surface area contributed by atoms with Crippen molar-refractivity contribution in [2.45, 2.75) is 25.4 Å². The predicted octanol–water partition coefficient (Wildman–Crippen LogP) is 4.98. The average Bonchev–Trinajstić information content (AvgIpc) is 3.33. The Hall–Kier alpha value is -3.38. The second-order valence-corrected chi connectivity index (χ2v) is 7.85. The first kappa shape index (κ1) is 21.8. The molecule has 0 aromatic heterocycles. The summed E-state index contributed by atoms with van der Waals surface area (Å²) in [6.07, 6.45) is 2.81. The van der Waals surface area contributed by atoms with E-state index in [-0.39, 0.29) is 17.7 Å². The van der Waals surface area contributed by atoms with Crippen LogP contribution in [0.1, 0.15) is 18.4 Å². The van der Waals surface area contributed by atoms with Crippen LogP contribution in [0.4, 0.5) is 10.1 Å². The fourth-order valence-electron chi connectivity index (χ4n) is 3.71. The number of hydrogen-bond acceptors (Lipinski definition) is 3. The van der Waals surface area contributed by atoms with E-state index in [0.717, 1.165) is 36.1 Å². The first-order valence-corrected chi connectivity index (χ1v) is 11.0. The van der Waals surface area contributed by atoms with Crippen molar-refractivity contribution < 1.29 is 14.2 Å². The zero-order chi connectivity index (χ0) is 22.2. The first-order chi connectivity index (χ1) is 15.7. The van der Waals surface area contributed by atoms with E-state index >= 15 is 0 Å². The molecule has 0 spiro atoms. The quantitative estimate of drug-likeness (QED) is 0.279. The number of nitrogens with one attached hydrogen (secondary N) is 2. The number of phenols is 1. The van der Waals surface area contributed by atoms with Crippen molar-refractivity contribution in [2.75, 3.05) is 25.0 Å². The molecule has 6 heteroatoms. The fourth-order valence-corrected chi connectivity index (χ4v) is 3.71. The van der Waals surface area contributed by atoms with Gasteiger partial charge in [0.2, 0.25) is 0 Å². The molecule has 0 bridgehead atoms. The molecule has 1 heterocycles. The van der Waals surface area contributed by atoms with Gasteiger partial charge in [0.25, 0.3) is 0 Å². The van der Waals surface area contributed by atoms with Gasteiger partial charge in [-0.1, -0.05) is 48.5 Å². The Kier molecular flexibility index (Phi) is 7.35. The number of anilines is 1. The summed E-state index contributed by atoms with van der Waals surface area (Å²) < 4.78 is 19.1. The Morgan fingerprint density at radius 3 is 2.69 bits per heavy atom. The van der Waals surface area contributed by atoms with Crippen LogP contribution in [0.5, 0.6) is 5.75 Å². The largest absolute Gasteiger partial charge is 0.506 e. The summed E-state index contributed by atoms with van der Waals surface area (Å²) in [5, 5.41) is 17.0. The third kappa shape index (κ3) is 6.08. The van der Waals surface area contributed by atoms with Gasteiger partial charge < -0.3 is 20.5 Å². The molecule has 4 rings (SSSR count). The van der Waals surface area contributed by atoms with E-state index < -0.39 is 0 Å². The van der Waals surface area contributed by atoms with Gasteiger partial charge in [-0.3, -0.25) is 4.99 Å². The lowest BCUT2D eigenvalue weighted by Crippen LogP contribution is -2.33. The van der Waals surface area contributed by atoms with E-state index in [9.17, 15) is 9.50 Å². The van der Waals surface area contributed by atoms with Crippen LogP contribution in [0, 0.1) is 5.82 Å². The van der Waals surface area contributed by atoms with Crippen LogP contribution in [-0.2, 0) is 11.2 Å². The average molecular weight is 434 g/mol. The molecule has 0 saturated carbocycles. The highest BCUT2D eigenvalue weighted by Gasteiger charge is 2.15. The normalized spacial score (nSPS) is 16.2. The number of guanidine groups is 1. The molecule has 1 atom stereocenters. The third-order valence-corrected chi connectivity index (χ3v) is 5.43. The van der Waals surface area contributed by atoms with Crippen molar-refractivity contribution in [1.29, 1.82) is 0 Å². The topological polar surface area (TPSA) is 65.9 Å². The lowest BCUT2D eigenvalue weighted by molar-refractivity contribution is 0.118. The summed E-state index contributed by atoms with van der Waals surface area (Å²) in [6, 6.07) is 22.0. The number of rotatable bonds is 7. The second-order valence-electron chi connectivity index (χ2n) is 7.85. The lowest BCUT2D eigenvalue weighted by Gasteiger charge is -2.16. The molecule has 1 fully saturated rings. The van der Waals surface area contributed by atoms with E-state index in [2.05, 4.69) is 15.6 Å². The summed E-state index contributed by atoms with van der Waals surface area (Å²) in [7, 11) is 0. The van der Waals surface area contributed by atoms with Gasteiger partial charge in [0, 0.05) is 13.2 Å². The Morgan fingerprint density at radius 2 is 1.91 bits per heavy atom. The maximum Gasteiger partial charge on any atom is 0.196 e. The minimum atomic E-state index is -0.240. The number of ether oxygens (including phenoxy) is 1. The monoisotopic (exact) mass is 433 g/mol. The van der Waals surface area contributed by atoms with Crippen molar-refractivity contribution in [3.63, 3.8) is 0 Å². The van der Waals surface area contributed by atoms with Crippen LogP contribution in [-0.4, -0.2) is 36.9 Å². The smallest absolute Gasteiger partial charge is 0.196 e. The number of hydrogen-bond donors (Lipinski definition) is 3. The standard InChI is InChI=1S/C26H28FN3O2/c27-22-9-4-6-19(16-22)13-14-28-26(29-18-23-10-5-15-32-23)30-24-17-21(11-12-25(24)31)20-7-2-1-3-8-20/h1-4,6-9,11-12,16-17,23,31H,5,10,13-15,18H2,(H2,28,29,30). The van der Waals surface area contributed by atoms with Crippen molar-refractivity contribution in [2.24, 2.45) is 4.99 Å². The zero-order valence-electron chi connectivity index (χ0n) is 17.9. The summed E-state index contributed by atoms with van der Waals surface area (Å²) in [4.78, 5) is 4.68. The number of aromatic hydroxyl groups is 1. The molecule has 3 aromatic rings. The first-order valence-electron chi connectivity index (χ1n) is 11.0. The molecule has 1 saturated heterocycles. The molecule has 1 aliphatic rings. The number of phenolic OH excluding ortho intramolecular Hbond substituents is 1. The molecule has 0 radical (unpaired) electrons. The summed E-state index contributed by atoms with van der Waals surface area (Å²) >= 11 is 0. The van der Waals surface area contributed by atoms with Gasteiger partial charge in [-0.25, -0.2) is 4.39 Å². The van der Waals surface area contributed by atoms with E-state index in [0.29, 0.717) is 31.2 Å². The van der Waals surface area contributed by atoms with Gasteiger partial charge in [0.05, 0.1) is 18.3 Å². The van der Waals surface area contributed by atoms with E-state index in [1.54, 1.807) is 12.1 Å². The van der Waals surface area contributed by atoms with E-state index in [1.807, 2.05) is 48.5 Å². The molecular formula is C26H28FN3O2. The molecule has 1 aliphatic heterocycles. The Balaban J connectivity index is 1.48. The van der Waals surface area contributed by atoms with Crippen molar-refractivity contribution in [3.05, 3.63) is 84.2 Å². The Bertz CT molecular complexity index is 1050. The molecule has 3 N–H and O–H groups in total. The highest BCUT2D eigenvalue weighted by atomic mass is 19.1. The molecular weight excluding hydrogens is 405 g/mol. The molecule has 32 heavy (non-hydrogen) atoms. The van der Waals surface area contributed by atoms with Crippen LogP contribution < -0.4 is 10.6 Å². The summed E-state index contributed by atoms with van der Waals surface area (Å²) in [5.74, 6) is 0.453. The van der Waals surface area contributed by atoms with Crippen LogP contribution in [0.2, 0.25) is 0 Å². The van der Waals surface area contributed by atoms with Crippen LogP contribution in [0.15, 0.2) is 77.8 Å². The second kappa shape index (κ2) is 10.8. The lowest BCUT2D eigenvalue weighted by atomic mass is 10.0. The minimum Gasteiger partial charge on any atom is -0.506 e. The van der Waals surface area contributed by atoms with Gasteiger partial charge in [-0.2, -0.15) is 0 Å². The van der Waals surface area contributed by atoms with Gasteiger partial charge in [0.1, 0.15) is 11.6 Å². The van der Waals surface area contributed by atoms with E-state index in [1.165, 1.54) is 12.1 Å². The fraction of sp³-hybridized carbons (Fsp3) is 0.269. The van der Waals surface area contributed by atoms with Crippen molar-refractivity contribution >= 4 is 11.6 Å². The van der Waals surface area contributed by atoms with Gasteiger partial charge in [-0.15, -0.1) is 0 Å². The highest BCUT2D eigenvalue weighted by molar-refractivity contribution is 5.95. The molecule has 0 aliphatic carbocycles. The van der Waals surface area contributed by atoms with Crippen LogP contribution >= 0.6 is 0 Å². The van der Waals surface area contributed by atoms with E-state index in [4.69, 9.17) is 4.74 Å².